The molecule has 0 unspecified atom stereocenters. The average molecular weight is 409 g/mol. The molecule has 1 aromatic heterocycles. The highest BCUT2D eigenvalue weighted by Gasteiger charge is 2.50. The van der Waals surface area contributed by atoms with Gasteiger partial charge in [0.05, 0.1) is 29.7 Å². The van der Waals surface area contributed by atoms with Crippen LogP contribution >= 0.6 is 0 Å². The van der Waals surface area contributed by atoms with Gasteiger partial charge >= 0.3 is 12.1 Å². The van der Waals surface area contributed by atoms with Gasteiger partial charge in [-0.25, -0.2) is 13.2 Å². The molecule has 0 spiro atoms. The Morgan fingerprint density at radius 3 is 2.48 bits per heavy atom. The predicted octanol–water partition coefficient (Wildman–Crippen LogP) is 1.24. The highest BCUT2D eigenvalue weighted by atomic mass is 32.2. The average Bonchev–Trinajstić information content (AvgIpc) is 3.13. The second-order valence-corrected chi connectivity index (χ2v) is 8.13. The number of aromatic nitrogens is 1. The summed E-state index contributed by atoms with van der Waals surface area (Å²) in [5.74, 6) is -2.70. The molecule has 2 aliphatic rings. The van der Waals surface area contributed by atoms with Crippen molar-refractivity contribution in [3.05, 3.63) is 24.5 Å². The smallest absolute Gasteiger partial charge is 0.475 e. The topological polar surface area (TPSA) is 108 Å². The maximum absolute atomic E-state index is 12.2. The van der Waals surface area contributed by atoms with Crippen molar-refractivity contribution in [2.45, 2.75) is 38.0 Å². The van der Waals surface area contributed by atoms with Crippen LogP contribution in [0.1, 0.15) is 19.8 Å². The number of fused-ring (bicyclic) bond motifs is 1. The van der Waals surface area contributed by atoms with Crippen LogP contribution in [0.5, 0.6) is 0 Å². The van der Waals surface area contributed by atoms with E-state index in [0.29, 0.717) is 13.0 Å². The van der Waals surface area contributed by atoms with Crippen LogP contribution in [0.15, 0.2) is 24.5 Å². The van der Waals surface area contributed by atoms with Crippen molar-refractivity contribution in [2.24, 2.45) is 0 Å². The van der Waals surface area contributed by atoms with Crippen molar-refractivity contribution < 1.29 is 36.3 Å². The normalized spacial score (nSPS) is 23.0. The molecule has 1 N–H and O–H groups in total. The van der Waals surface area contributed by atoms with E-state index in [0.717, 1.165) is 5.69 Å². The van der Waals surface area contributed by atoms with Crippen LogP contribution in [-0.4, -0.2) is 65.2 Å². The Morgan fingerprint density at radius 2 is 2.00 bits per heavy atom. The first-order valence-corrected chi connectivity index (χ1v) is 9.61. The van der Waals surface area contributed by atoms with E-state index in [4.69, 9.17) is 9.90 Å². The standard InChI is InChI=1S/C13H17N3O3S.C2HF3O2/c1-2-20(18,19)15-7-5-11-12(15)8-13(17)16(11)10-4-3-6-14-9-10;3-2(4,5)1(6)7/h3-4,6,9,11-12H,2,5,7-8H2,1H3;(H,6,7)/t11-,12+;/m0./s1. The molecule has 1 amide bonds. The molecule has 8 nitrogen and oxygen atoms in total. The van der Waals surface area contributed by atoms with Gasteiger partial charge in [-0.05, 0) is 25.5 Å². The number of hydrogen-bond acceptors (Lipinski definition) is 5. The molecule has 0 aliphatic carbocycles. The van der Waals surface area contributed by atoms with Crippen LogP contribution in [0.25, 0.3) is 0 Å². The van der Waals surface area contributed by atoms with E-state index in [9.17, 15) is 26.4 Å². The van der Waals surface area contributed by atoms with E-state index in [1.807, 2.05) is 6.07 Å². The second kappa shape index (κ2) is 7.80. The van der Waals surface area contributed by atoms with Crippen molar-refractivity contribution in [1.29, 1.82) is 0 Å². The molecule has 2 atom stereocenters. The van der Waals surface area contributed by atoms with E-state index in [2.05, 4.69) is 4.98 Å². The Balaban J connectivity index is 0.000000321. The molecule has 2 aliphatic heterocycles. The summed E-state index contributed by atoms with van der Waals surface area (Å²) in [6.45, 7) is 2.13. The van der Waals surface area contributed by atoms with Crippen LogP contribution in [0.4, 0.5) is 18.9 Å². The van der Waals surface area contributed by atoms with Crippen molar-refractivity contribution in [3.63, 3.8) is 0 Å². The van der Waals surface area contributed by atoms with Crippen molar-refractivity contribution in [2.75, 3.05) is 17.2 Å². The molecule has 150 valence electrons. The van der Waals surface area contributed by atoms with Gasteiger partial charge in [0, 0.05) is 19.2 Å². The van der Waals surface area contributed by atoms with Gasteiger partial charge in [-0.1, -0.05) is 0 Å². The summed E-state index contributed by atoms with van der Waals surface area (Å²) in [4.78, 5) is 26.9. The lowest BCUT2D eigenvalue weighted by Crippen LogP contribution is -2.40. The number of anilines is 1. The van der Waals surface area contributed by atoms with Crippen molar-refractivity contribution >= 4 is 27.6 Å². The SMILES string of the molecule is CCS(=O)(=O)N1CC[C@H]2[C@H]1CC(=O)N2c1cccnc1.O=C(O)C(F)(F)F. The molecule has 0 bridgehead atoms. The van der Waals surface area contributed by atoms with E-state index in [1.54, 1.807) is 30.3 Å². The van der Waals surface area contributed by atoms with E-state index in [-0.39, 0.29) is 30.2 Å². The quantitative estimate of drug-likeness (QED) is 0.805. The molecule has 0 aromatic carbocycles. The Bertz CT molecular complexity index is 801. The maximum atomic E-state index is 12.2. The van der Waals surface area contributed by atoms with Gasteiger partial charge in [-0.2, -0.15) is 17.5 Å². The number of halogens is 3. The van der Waals surface area contributed by atoms with Gasteiger partial charge in [0.15, 0.2) is 0 Å². The summed E-state index contributed by atoms with van der Waals surface area (Å²) in [6.07, 6.45) is -0.829. The molecule has 27 heavy (non-hydrogen) atoms. The van der Waals surface area contributed by atoms with E-state index in [1.165, 1.54) is 4.31 Å². The van der Waals surface area contributed by atoms with Crippen LogP contribution in [0, 0.1) is 0 Å². The molecule has 3 rings (SSSR count). The Hall–Kier alpha value is -2.21. The largest absolute Gasteiger partial charge is 0.490 e. The number of pyridine rings is 1. The zero-order valence-corrected chi connectivity index (χ0v) is 15.1. The highest BCUT2D eigenvalue weighted by molar-refractivity contribution is 7.89. The van der Waals surface area contributed by atoms with Gasteiger partial charge in [0.25, 0.3) is 0 Å². The zero-order chi connectivity index (χ0) is 20.4. The third-order valence-electron chi connectivity index (χ3n) is 4.33. The predicted molar refractivity (Wildman–Crippen MR) is 88.4 cm³/mol. The third-order valence-corrected chi connectivity index (χ3v) is 6.23. The minimum absolute atomic E-state index is 0.0241. The number of nitrogens with zero attached hydrogens (tertiary/aromatic N) is 3. The van der Waals surface area contributed by atoms with Gasteiger partial charge in [0.1, 0.15) is 0 Å². The van der Waals surface area contributed by atoms with E-state index >= 15 is 0 Å². The lowest BCUT2D eigenvalue weighted by molar-refractivity contribution is -0.192. The monoisotopic (exact) mass is 409 g/mol. The Kier molecular flexibility index (Phi) is 6.10. The molecule has 1 aromatic rings. The molecular weight excluding hydrogens is 391 g/mol. The minimum Gasteiger partial charge on any atom is -0.475 e. The van der Waals surface area contributed by atoms with Crippen molar-refractivity contribution in [3.8, 4) is 0 Å². The Labute approximate surface area is 153 Å². The van der Waals surface area contributed by atoms with Gasteiger partial charge in [0.2, 0.25) is 15.9 Å². The number of rotatable bonds is 3. The number of carbonyl (C=O) groups excluding carboxylic acids is 1. The third kappa shape index (κ3) is 4.56. The van der Waals surface area contributed by atoms with Crippen LogP contribution < -0.4 is 4.90 Å². The summed E-state index contributed by atoms with van der Waals surface area (Å²) in [5.41, 5.74) is 0.751. The molecule has 3 heterocycles. The number of aliphatic carboxylic acids is 1. The number of alkyl halides is 3. The molecule has 12 heteroatoms. The fourth-order valence-electron chi connectivity index (χ4n) is 3.15. The van der Waals surface area contributed by atoms with Gasteiger partial charge < -0.3 is 10.0 Å². The second-order valence-electron chi connectivity index (χ2n) is 5.92. The lowest BCUT2D eigenvalue weighted by atomic mass is 10.1. The summed E-state index contributed by atoms with van der Waals surface area (Å²) < 4.78 is 57.4. The molecule has 0 radical (unpaired) electrons. The van der Waals surface area contributed by atoms with Crippen LogP contribution in [0.3, 0.4) is 0 Å². The summed E-state index contributed by atoms with van der Waals surface area (Å²) in [5, 5.41) is 7.12. The van der Waals surface area contributed by atoms with Crippen LogP contribution in [-0.2, 0) is 19.6 Å². The number of carboxylic acid groups (broad SMARTS) is 1. The number of carbonyl (C=O) groups is 2. The number of sulfonamides is 1. The summed E-state index contributed by atoms with van der Waals surface area (Å²) >= 11 is 0. The van der Waals surface area contributed by atoms with Gasteiger partial charge in [-0.3, -0.25) is 9.78 Å². The number of amides is 1. The zero-order valence-electron chi connectivity index (χ0n) is 14.3. The molecule has 2 fully saturated rings. The Morgan fingerprint density at radius 1 is 1.37 bits per heavy atom. The molecule has 0 saturated carbocycles. The summed E-state index contributed by atoms with van der Waals surface area (Å²) in [7, 11) is -3.24. The van der Waals surface area contributed by atoms with Gasteiger partial charge in [-0.15, -0.1) is 0 Å². The molecule has 2 saturated heterocycles. The molecular formula is C15H18F3N3O5S. The lowest BCUT2D eigenvalue weighted by Gasteiger charge is -2.24. The first-order valence-electron chi connectivity index (χ1n) is 8.00. The summed E-state index contributed by atoms with van der Waals surface area (Å²) in [6, 6.07) is 3.33. The van der Waals surface area contributed by atoms with Crippen LogP contribution in [0.2, 0.25) is 0 Å². The maximum Gasteiger partial charge on any atom is 0.490 e. The first-order chi connectivity index (χ1) is 12.5. The minimum atomic E-state index is -5.08. The number of hydrogen-bond donors (Lipinski definition) is 1. The fourth-order valence-corrected chi connectivity index (χ4v) is 4.50. The number of carboxylic acids is 1. The first kappa shape index (κ1) is 21.1. The fraction of sp³-hybridized carbons (Fsp3) is 0.533. The van der Waals surface area contributed by atoms with E-state index < -0.39 is 22.2 Å². The van der Waals surface area contributed by atoms with Crippen molar-refractivity contribution in [1.82, 2.24) is 9.29 Å². The highest BCUT2D eigenvalue weighted by Crippen LogP contribution is 2.37.